The van der Waals surface area contributed by atoms with E-state index in [1.807, 2.05) is 0 Å². The Morgan fingerprint density at radius 2 is 2.36 bits per heavy atom. The van der Waals surface area contributed by atoms with Gasteiger partial charge >= 0.3 is 0 Å². The average Bonchev–Trinajstić information content (AvgIpc) is 2.27. The predicted octanol–water partition coefficient (Wildman–Crippen LogP) is 0.574. The summed E-state index contributed by atoms with van der Waals surface area (Å²) in [6.45, 7) is 0. The van der Waals surface area contributed by atoms with Crippen LogP contribution in [0.4, 0.5) is 4.39 Å². The molecule has 0 amide bonds. The summed E-state index contributed by atoms with van der Waals surface area (Å²) in [5.41, 5.74) is 0.294. The third kappa shape index (κ3) is 0.899. The fourth-order valence-corrected chi connectivity index (χ4v) is 0.841. The Morgan fingerprint density at radius 3 is 3.18 bits per heavy atom. The van der Waals surface area contributed by atoms with E-state index in [4.69, 9.17) is 5.11 Å². The van der Waals surface area contributed by atoms with Crippen LogP contribution in [-0.2, 0) is 0 Å². The Balaban J connectivity index is 2.82. The summed E-state index contributed by atoms with van der Waals surface area (Å²) < 4.78 is 13.6. The molecular formula is C6H4FN3O. The van der Waals surface area contributed by atoms with E-state index in [-0.39, 0.29) is 5.88 Å². The highest BCUT2D eigenvalue weighted by Gasteiger charge is 2.00. The third-order valence-corrected chi connectivity index (χ3v) is 1.28. The van der Waals surface area contributed by atoms with Crippen LogP contribution in [-0.4, -0.2) is 19.7 Å². The second kappa shape index (κ2) is 1.91. The fourth-order valence-electron chi connectivity index (χ4n) is 0.841. The van der Waals surface area contributed by atoms with E-state index in [0.29, 0.717) is 5.65 Å². The molecule has 0 aliphatic rings. The zero-order chi connectivity index (χ0) is 7.84. The molecule has 11 heavy (non-hydrogen) atoms. The lowest BCUT2D eigenvalue weighted by Crippen LogP contribution is -1.87. The van der Waals surface area contributed by atoms with E-state index in [9.17, 15) is 4.39 Å². The number of aromatic nitrogens is 3. The molecule has 2 rings (SSSR count). The van der Waals surface area contributed by atoms with Crippen molar-refractivity contribution in [3.05, 3.63) is 24.3 Å². The van der Waals surface area contributed by atoms with Crippen LogP contribution in [0, 0.1) is 5.95 Å². The van der Waals surface area contributed by atoms with Gasteiger partial charge in [-0.15, -0.1) is 5.10 Å². The van der Waals surface area contributed by atoms with Crippen LogP contribution in [0.1, 0.15) is 0 Å². The van der Waals surface area contributed by atoms with Crippen molar-refractivity contribution < 1.29 is 9.50 Å². The minimum absolute atomic E-state index is 0.141. The molecule has 0 unspecified atom stereocenters. The van der Waals surface area contributed by atoms with Gasteiger partial charge in [-0.1, -0.05) is 0 Å². The molecule has 56 valence electrons. The molecular weight excluding hydrogens is 149 g/mol. The molecule has 0 fully saturated rings. The second-order valence-corrected chi connectivity index (χ2v) is 2.06. The minimum atomic E-state index is -0.608. The number of rotatable bonds is 0. The highest BCUT2D eigenvalue weighted by Crippen LogP contribution is 2.07. The summed E-state index contributed by atoms with van der Waals surface area (Å²) >= 11 is 0. The number of fused-ring (bicyclic) bond motifs is 1. The number of hydrogen-bond donors (Lipinski definition) is 1. The van der Waals surface area contributed by atoms with E-state index in [2.05, 4.69) is 10.1 Å². The Kier molecular flexibility index (Phi) is 1.06. The molecule has 0 saturated heterocycles. The SMILES string of the molecule is Oc1ccn2nc(F)cc2n1. The van der Waals surface area contributed by atoms with Gasteiger partial charge in [0.25, 0.3) is 0 Å². The standard InChI is InChI=1S/C6H4FN3O/c7-4-3-5-8-6(11)1-2-10(5)9-4/h1-3H,(H,8,11). The monoisotopic (exact) mass is 153 g/mol. The Bertz CT molecular complexity index is 398. The van der Waals surface area contributed by atoms with Crippen LogP contribution in [0.2, 0.25) is 0 Å². The smallest absolute Gasteiger partial charge is 0.235 e. The molecule has 0 aromatic carbocycles. The Labute approximate surface area is 60.9 Å². The van der Waals surface area contributed by atoms with Gasteiger partial charge in [0.15, 0.2) is 5.65 Å². The zero-order valence-electron chi connectivity index (χ0n) is 5.40. The largest absolute Gasteiger partial charge is 0.493 e. The number of hydrogen-bond acceptors (Lipinski definition) is 3. The first-order valence-corrected chi connectivity index (χ1v) is 2.96. The van der Waals surface area contributed by atoms with E-state index in [1.54, 1.807) is 0 Å². The van der Waals surface area contributed by atoms with Gasteiger partial charge in [0.1, 0.15) is 0 Å². The molecule has 4 nitrogen and oxygen atoms in total. The zero-order valence-corrected chi connectivity index (χ0v) is 5.40. The summed E-state index contributed by atoms with van der Waals surface area (Å²) in [5, 5.41) is 12.3. The maximum atomic E-state index is 12.4. The van der Waals surface area contributed by atoms with Gasteiger partial charge in [-0.05, 0) is 0 Å². The molecule has 1 N–H and O–H groups in total. The maximum Gasteiger partial charge on any atom is 0.235 e. The Morgan fingerprint density at radius 1 is 1.55 bits per heavy atom. The minimum Gasteiger partial charge on any atom is -0.493 e. The van der Waals surface area contributed by atoms with Crippen molar-refractivity contribution in [2.45, 2.75) is 0 Å². The van der Waals surface area contributed by atoms with Crippen molar-refractivity contribution in [2.24, 2.45) is 0 Å². The summed E-state index contributed by atoms with van der Waals surface area (Å²) in [5.74, 6) is -0.750. The van der Waals surface area contributed by atoms with Gasteiger partial charge in [-0.2, -0.15) is 9.37 Å². The normalized spacial score (nSPS) is 10.6. The van der Waals surface area contributed by atoms with Crippen LogP contribution >= 0.6 is 0 Å². The van der Waals surface area contributed by atoms with Gasteiger partial charge in [-0.25, -0.2) is 4.52 Å². The third-order valence-electron chi connectivity index (χ3n) is 1.28. The molecule has 0 aliphatic heterocycles. The molecule has 2 aromatic heterocycles. The van der Waals surface area contributed by atoms with Gasteiger partial charge in [0, 0.05) is 18.3 Å². The number of aromatic hydroxyl groups is 1. The van der Waals surface area contributed by atoms with Gasteiger partial charge in [0.05, 0.1) is 0 Å². The van der Waals surface area contributed by atoms with Crippen LogP contribution in [0.3, 0.4) is 0 Å². The van der Waals surface area contributed by atoms with Crippen molar-refractivity contribution >= 4 is 5.65 Å². The molecule has 0 atom stereocenters. The van der Waals surface area contributed by atoms with E-state index in [0.717, 1.165) is 6.07 Å². The van der Waals surface area contributed by atoms with Crippen LogP contribution in [0.25, 0.3) is 5.65 Å². The molecule has 0 saturated carbocycles. The van der Waals surface area contributed by atoms with Crippen molar-refractivity contribution in [1.29, 1.82) is 0 Å². The molecule has 0 radical (unpaired) electrons. The van der Waals surface area contributed by atoms with Crippen LogP contribution < -0.4 is 0 Å². The molecule has 0 bridgehead atoms. The Hall–Kier alpha value is -1.65. The lowest BCUT2D eigenvalue weighted by Gasteiger charge is -1.90. The summed E-state index contributed by atoms with van der Waals surface area (Å²) in [6.07, 6.45) is 1.43. The van der Waals surface area contributed by atoms with Gasteiger partial charge < -0.3 is 5.11 Å². The molecule has 0 aliphatic carbocycles. The topological polar surface area (TPSA) is 50.4 Å². The van der Waals surface area contributed by atoms with Crippen LogP contribution in [0.5, 0.6) is 5.88 Å². The average molecular weight is 153 g/mol. The van der Waals surface area contributed by atoms with E-state index < -0.39 is 5.95 Å². The molecule has 2 aromatic rings. The lowest BCUT2D eigenvalue weighted by atomic mass is 10.6. The van der Waals surface area contributed by atoms with E-state index >= 15 is 0 Å². The molecule has 0 spiro atoms. The first kappa shape index (κ1) is 6.09. The highest BCUT2D eigenvalue weighted by atomic mass is 19.1. The van der Waals surface area contributed by atoms with Gasteiger partial charge in [-0.3, -0.25) is 0 Å². The lowest BCUT2D eigenvalue weighted by molar-refractivity contribution is 0.453. The first-order valence-electron chi connectivity index (χ1n) is 2.96. The summed E-state index contributed by atoms with van der Waals surface area (Å²) in [7, 11) is 0. The quantitative estimate of drug-likeness (QED) is 0.602. The molecule has 2 heterocycles. The van der Waals surface area contributed by atoms with E-state index in [1.165, 1.54) is 16.8 Å². The van der Waals surface area contributed by atoms with Crippen molar-refractivity contribution in [2.75, 3.05) is 0 Å². The van der Waals surface area contributed by atoms with Crippen molar-refractivity contribution in [3.8, 4) is 5.88 Å². The molecule has 5 heteroatoms. The number of nitrogens with zero attached hydrogens (tertiary/aromatic N) is 3. The highest BCUT2D eigenvalue weighted by molar-refractivity contribution is 5.37. The first-order chi connectivity index (χ1) is 5.25. The second-order valence-electron chi connectivity index (χ2n) is 2.06. The van der Waals surface area contributed by atoms with Gasteiger partial charge in [0.2, 0.25) is 11.8 Å². The van der Waals surface area contributed by atoms with Crippen molar-refractivity contribution in [1.82, 2.24) is 14.6 Å². The maximum absolute atomic E-state index is 12.4. The predicted molar refractivity (Wildman–Crippen MR) is 34.6 cm³/mol. The summed E-state index contributed by atoms with van der Waals surface area (Å²) in [6, 6.07) is 2.47. The fraction of sp³-hybridized carbons (Fsp3) is 0. The van der Waals surface area contributed by atoms with Crippen LogP contribution in [0.15, 0.2) is 18.3 Å². The van der Waals surface area contributed by atoms with Crippen molar-refractivity contribution in [3.63, 3.8) is 0 Å². The summed E-state index contributed by atoms with van der Waals surface area (Å²) in [4.78, 5) is 3.61. The number of halogens is 1.